The van der Waals surface area contributed by atoms with Gasteiger partial charge >= 0.3 is 0 Å². The molecular weight excluding hydrogens is 318 g/mol. The van der Waals surface area contributed by atoms with Crippen molar-refractivity contribution in [1.29, 1.82) is 0 Å². The molecule has 3 aromatic rings. The van der Waals surface area contributed by atoms with E-state index in [0.717, 1.165) is 11.3 Å². The number of carbonyl (C=O) groups excluding carboxylic acids is 1. The summed E-state index contributed by atoms with van der Waals surface area (Å²) in [7, 11) is 0. The number of carbonyl (C=O) groups is 1. The first-order valence-electron chi connectivity index (χ1n) is 8.06. The number of anilines is 1. The van der Waals surface area contributed by atoms with Gasteiger partial charge < -0.3 is 10.1 Å². The number of nitrogens with zero attached hydrogens (tertiary/aromatic N) is 4. The van der Waals surface area contributed by atoms with Crippen LogP contribution in [-0.4, -0.2) is 32.7 Å². The second-order valence-corrected chi connectivity index (χ2v) is 5.42. The molecule has 0 aliphatic rings. The topological polar surface area (TPSA) is 81.9 Å². The van der Waals surface area contributed by atoms with E-state index in [1.54, 1.807) is 19.1 Å². The fourth-order valence-electron chi connectivity index (χ4n) is 2.24. The van der Waals surface area contributed by atoms with Crippen LogP contribution in [-0.2, 0) is 4.79 Å². The van der Waals surface area contributed by atoms with Crippen LogP contribution < -0.4 is 10.1 Å². The van der Waals surface area contributed by atoms with E-state index in [-0.39, 0.29) is 5.91 Å². The molecule has 1 N–H and O–H groups in total. The van der Waals surface area contributed by atoms with Crippen LogP contribution in [0.3, 0.4) is 0 Å². The zero-order chi connectivity index (χ0) is 17.6. The molecule has 7 nitrogen and oxygen atoms in total. The molecule has 25 heavy (non-hydrogen) atoms. The number of hydrogen-bond acceptors (Lipinski definition) is 5. The molecule has 2 aromatic carbocycles. The van der Waals surface area contributed by atoms with Crippen LogP contribution in [0.15, 0.2) is 54.6 Å². The van der Waals surface area contributed by atoms with Gasteiger partial charge in [0, 0.05) is 11.3 Å². The number of benzene rings is 2. The number of tetrazole rings is 1. The lowest BCUT2D eigenvalue weighted by Gasteiger charge is -2.11. The van der Waals surface area contributed by atoms with Crippen molar-refractivity contribution in [2.45, 2.75) is 19.9 Å². The lowest BCUT2D eigenvalue weighted by molar-refractivity contribution is -0.119. The number of hydrogen-bond donors (Lipinski definition) is 1. The minimum absolute atomic E-state index is 0.221. The number of ether oxygens (including phenoxy) is 1. The van der Waals surface area contributed by atoms with Gasteiger partial charge in [0.2, 0.25) is 5.82 Å². The Balaban J connectivity index is 1.67. The van der Waals surface area contributed by atoms with Crippen molar-refractivity contribution in [1.82, 2.24) is 20.2 Å². The lowest BCUT2D eigenvalue weighted by atomic mass is 10.2. The molecule has 0 radical (unpaired) electrons. The van der Waals surface area contributed by atoms with Crippen LogP contribution in [0.2, 0.25) is 0 Å². The third-order valence-electron chi connectivity index (χ3n) is 3.62. The number of amides is 1. The van der Waals surface area contributed by atoms with Crippen LogP contribution in [0.4, 0.5) is 5.69 Å². The summed E-state index contributed by atoms with van der Waals surface area (Å²) in [4.78, 5) is 13.7. The smallest absolute Gasteiger partial charge is 0.250 e. The number of aromatic nitrogens is 4. The van der Waals surface area contributed by atoms with Gasteiger partial charge in [0.15, 0.2) is 0 Å². The Hall–Kier alpha value is -3.22. The Morgan fingerprint density at radius 2 is 1.88 bits per heavy atom. The summed E-state index contributed by atoms with van der Waals surface area (Å²) in [5.74, 6) is 1.03. The maximum absolute atomic E-state index is 12.4. The maximum Gasteiger partial charge on any atom is 0.250 e. The summed E-state index contributed by atoms with van der Waals surface area (Å²) in [6, 6.07) is 16.1. The minimum Gasteiger partial charge on any atom is -0.494 e. The van der Waals surface area contributed by atoms with Crippen LogP contribution in [0.5, 0.6) is 5.75 Å². The van der Waals surface area contributed by atoms with Crippen molar-refractivity contribution >= 4 is 11.6 Å². The quantitative estimate of drug-likeness (QED) is 0.748. The van der Waals surface area contributed by atoms with E-state index >= 15 is 0 Å². The van der Waals surface area contributed by atoms with Crippen molar-refractivity contribution in [3.8, 4) is 17.1 Å². The van der Waals surface area contributed by atoms with Crippen molar-refractivity contribution in [3.05, 3.63) is 54.6 Å². The Morgan fingerprint density at radius 3 is 2.56 bits per heavy atom. The van der Waals surface area contributed by atoms with Gasteiger partial charge in [-0.05, 0) is 43.3 Å². The predicted octanol–water partition coefficient (Wildman–Crippen LogP) is 2.94. The SMILES string of the molecule is CCOc1ccc(NC(=O)C(C)n2nnc(-c3ccccc3)n2)cc1. The van der Waals surface area contributed by atoms with E-state index in [4.69, 9.17) is 4.74 Å². The van der Waals surface area contributed by atoms with E-state index in [1.165, 1.54) is 4.80 Å². The van der Waals surface area contributed by atoms with Crippen molar-refractivity contribution < 1.29 is 9.53 Å². The van der Waals surface area contributed by atoms with Crippen molar-refractivity contribution in [2.24, 2.45) is 0 Å². The standard InChI is InChI=1S/C18H19N5O2/c1-3-25-16-11-9-15(10-12-16)19-18(24)13(2)23-21-17(20-22-23)14-7-5-4-6-8-14/h4-13H,3H2,1-2H3,(H,19,24). The summed E-state index contributed by atoms with van der Waals surface area (Å²) in [6.07, 6.45) is 0. The minimum atomic E-state index is -0.587. The Bertz CT molecular complexity index is 830. The van der Waals surface area contributed by atoms with Crippen molar-refractivity contribution in [3.63, 3.8) is 0 Å². The third-order valence-corrected chi connectivity index (χ3v) is 3.62. The third kappa shape index (κ3) is 4.00. The molecule has 0 aliphatic heterocycles. The highest BCUT2D eigenvalue weighted by Gasteiger charge is 2.19. The summed E-state index contributed by atoms with van der Waals surface area (Å²) in [6.45, 7) is 4.25. The molecular formula is C18H19N5O2. The second kappa shape index (κ2) is 7.57. The molecule has 1 heterocycles. The molecule has 0 bridgehead atoms. The van der Waals surface area contributed by atoms with Gasteiger partial charge in [-0.2, -0.15) is 4.80 Å². The van der Waals surface area contributed by atoms with Gasteiger partial charge in [-0.15, -0.1) is 10.2 Å². The molecule has 1 aromatic heterocycles. The van der Waals surface area contributed by atoms with Crippen LogP contribution >= 0.6 is 0 Å². The molecule has 1 atom stereocenters. The summed E-state index contributed by atoms with van der Waals surface area (Å²) < 4.78 is 5.38. The maximum atomic E-state index is 12.4. The highest BCUT2D eigenvalue weighted by molar-refractivity contribution is 5.93. The highest BCUT2D eigenvalue weighted by Crippen LogP contribution is 2.18. The first kappa shape index (κ1) is 16.6. The molecule has 128 valence electrons. The van der Waals surface area contributed by atoms with Gasteiger partial charge in [-0.3, -0.25) is 4.79 Å². The first-order valence-corrected chi connectivity index (χ1v) is 8.06. The first-order chi connectivity index (χ1) is 12.2. The summed E-state index contributed by atoms with van der Waals surface area (Å²) >= 11 is 0. The molecule has 0 spiro atoms. The zero-order valence-electron chi connectivity index (χ0n) is 14.1. The number of rotatable bonds is 6. The van der Waals surface area contributed by atoms with Gasteiger partial charge in [-0.1, -0.05) is 30.3 Å². The van der Waals surface area contributed by atoms with Gasteiger partial charge in [0.05, 0.1) is 6.61 Å². The van der Waals surface area contributed by atoms with E-state index in [1.807, 2.05) is 49.4 Å². The zero-order valence-corrected chi connectivity index (χ0v) is 14.1. The Morgan fingerprint density at radius 1 is 1.16 bits per heavy atom. The molecule has 3 rings (SSSR count). The molecule has 0 saturated heterocycles. The molecule has 0 fully saturated rings. The lowest BCUT2D eigenvalue weighted by Crippen LogP contribution is -2.25. The largest absolute Gasteiger partial charge is 0.494 e. The van der Waals surface area contributed by atoms with Gasteiger partial charge in [-0.25, -0.2) is 0 Å². The fourth-order valence-corrected chi connectivity index (χ4v) is 2.24. The monoisotopic (exact) mass is 337 g/mol. The van der Waals surface area contributed by atoms with E-state index in [0.29, 0.717) is 18.1 Å². The van der Waals surface area contributed by atoms with Crippen LogP contribution in [0, 0.1) is 0 Å². The Kier molecular flexibility index (Phi) is 5.03. The van der Waals surface area contributed by atoms with Crippen molar-refractivity contribution in [2.75, 3.05) is 11.9 Å². The Labute approximate surface area is 145 Å². The highest BCUT2D eigenvalue weighted by atomic mass is 16.5. The van der Waals surface area contributed by atoms with Crippen LogP contribution in [0.25, 0.3) is 11.4 Å². The molecule has 0 saturated carbocycles. The predicted molar refractivity (Wildman–Crippen MR) is 94.2 cm³/mol. The van der Waals surface area contributed by atoms with E-state index < -0.39 is 6.04 Å². The van der Waals surface area contributed by atoms with E-state index in [2.05, 4.69) is 20.7 Å². The number of nitrogens with one attached hydrogen (secondary N) is 1. The van der Waals surface area contributed by atoms with E-state index in [9.17, 15) is 4.79 Å². The van der Waals surface area contributed by atoms with Gasteiger partial charge in [0.25, 0.3) is 5.91 Å². The normalized spacial score (nSPS) is 11.8. The molecule has 0 aliphatic carbocycles. The summed E-state index contributed by atoms with van der Waals surface area (Å²) in [5.41, 5.74) is 1.54. The molecule has 7 heteroatoms. The average molecular weight is 337 g/mol. The molecule has 1 amide bonds. The second-order valence-electron chi connectivity index (χ2n) is 5.42. The molecule has 1 unspecified atom stereocenters. The van der Waals surface area contributed by atoms with Crippen LogP contribution in [0.1, 0.15) is 19.9 Å². The summed E-state index contributed by atoms with van der Waals surface area (Å²) in [5, 5.41) is 15.1. The fraction of sp³-hybridized carbons (Fsp3) is 0.222. The average Bonchev–Trinajstić information content (AvgIpc) is 3.14. The van der Waals surface area contributed by atoms with Gasteiger partial charge in [0.1, 0.15) is 11.8 Å².